The highest BCUT2D eigenvalue weighted by molar-refractivity contribution is 9.10. The van der Waals surface area contributed by atoms with Gasteiger partial charge >= 0.3 is 5.97 Å². The number of primary sulfonamides is 1. The van der Waals surface area contributed by atoms with Crippen LogP contribution in [0.2, 0.25) is 0 Å². The minimum Gasteiger partial charge on any atom is -0.462 e. The lowest BCUT2D eigenvalue weighted by Crippen LogP contribution is -2.16. The second kappa shape index (κ2) is 5.77. The predicted octanol–water partition coefficient (Wildman–Crippen LogP) is 1.80. The van der Waals surface area contributed by atoms with Crippen LogP contribution in [-0.2, 0) is 14.8 Å². The molecule has 0 spiro atoms. The summed E-state index contributed by atoms with van der Waals surface area (Å²) in [5.41, 5.74) is -0.462. The van der Waals surface area contributed by atoms with Crippen LogP contribution in [0.15, 0.2) is 21.5 Å². The van der Waals surface area contributed by atoms with E-state index in [0.29, 0.717) is 6.42 Å². The Labute approximate surface area is 112 Å². The van der Waals surface area contributed by atoms with Crippen LogP contribution in [-0.4, -0.2) is 21.0 Å². The molecule has 100 valence electrons. The SMILES string of the molecule is CCCOC(=O)c1cc(S(N)(=O)=O)c(Br)cc1F. The molecule has 0 aliphatic carbocycles. The van der Waals surface area contributed by atoms with Gasteiger partial charge in [0.15, 0.2) is 0 Å². The number of carbonyl (C=O) groups is 1. The van der Waals surface area contributed by atoms with Crippen molar-refractivity contribution < 1.29 is 22.3 Å². The van der Waals surface area contributed by atoms with E-state index in [1.165, 1.54) is 0 Å². The van der Waals surface area contributed by atoms with Crippen molar-refractivity contribution in [2.75, 3.05) is 6.61 Å². The lowest BCUT2D eigenvalue weighted by Gasteiger charge is -2.07. The number of nitrogens with two attached hydrogens (primary N) is 1. The van der Waals surface area contributed by atoms with E-state index in [1.807, 2.05) is 0 Å². The molecule has 0 aliphatic heterocycles. The highest BCUT2D eigenvalue weighted by Crippen LogP contribution is 2.25. The standard InChI is InChI=1S/C10H11BrFNO4S/c1-2-3-17-10(14)6-4-9(18(13,15)16)7(11)5-8(6)12/h4-5H,2-3H2,1H3,(H2,13,15,16). The number of halogens is 2. The Hall–Kier alpha value is -0.990. The van der Waals surface area contributed by atoms with E-state index in [-0.39, 0.29) is 16.0 Å². The minimum atomic E-state index is -4.05. The van der Waals surface area contributed by atoms with Gasteiger partial charge in [-0.05, 0) is 34.5 Å². The van der Waals surface area contributed by atoms with Crippen LogP contribution < -0.4 is 5.14 Å². The Morgan fingerprint density at radius 1 is 1.50 bits per heavy atom. The van der Waals surface area contributed by atoms with E-state index in [9.17, 15) is 17.6 Å². The van der Waals surface area contributed by atoms with Crippen LogP contribution in [0.3, 0.4) is 0 Å². The smallest absolute Gasteiger partial charge is 0.341 e. The first-order valence-electron chi connectivity index (χ1n) is 4.96. The zero-order valence-corrected chi connectivity index (χ0v) is 11.8. The molecule has 18 heavy (non-hydrogen) atoms. The third-order valence-corrected chi connectivity index (χ3v) is 3.85. The number of ether oxygens (including phenoxy) is 1. The van der Waals surface area contributed by atoms with Crippen molar-refractivity contribution in [1.29, 1.82) is 0 Å². The summed E-state index contributed by atoms with van der Waals surface area (Å²) >= 11 is 2.87. The van der Waals surface area contributed by atoms with E-state index in [0.717, 1.165) is 12.1 Å². The van der Waals surface area contributed by atoms with Gasteiger partial charge in [0.05, 0.1) is 17.1 Å². The average molecular weight is 340 g/mol. The van der Waals surface area contributed by atoms with Crippen molar-refractivity contribution in [3.63, 3.8) is 0 Å². The first-order valence-corrected chi connectivity index (χ1v) is 7.30. The van der Waals surface area contributed by atoms with Crippen LogP contribution in [0, 0.1) is 5.82 Å². The maximum atomic E-state index is 13.5. The van der Waals surface area contributed by atoms with E-state index in [2.05, 4.69) is 15.9 Å². The highest BCUT2D eigenvalue weighted by atomic mass is 79.9. The summed E-state index contributed by atoms with van der Waals surface area (Å²) in [5, 5.41) is 4.94. The third kappa shape index (κ3) is 3.50. The zero-order valence-electron chi connectivity index (χ0n) is 9.44. The maximum Gasteiger partial charge on any atom is 0.341 e. The van der Waals surface area contributed by atoms with Crippen molar-refractivity contribution in [3.05, 3.63) is 28.0 Å². The van der Waals surface area contributed by atoms with Crippen molar-refractivity contribution in [1.82, 2.24) is 0 Å². The van der Waals surface area contributed by atoms with Gasteiger partial charge in [0.25, 0.3) is 0 Å². The molecule has 0 saturated carbocycles. The summed E-state index contributed by atoms with van der Waals surface area (Å²) < 4.78 is 40.7. The molecule has 5 nitrogen and oxygen atoms in total. The molecule has 0 aromatic heterocycles. The van der Waals surface area contributed by atoms with Crippen LogP contribution in [0.1, 0.15) is 23.7 Å². The molecule has 1 aromatic carbocycles. The first kappa shape index (κ1) is 15.1. The number of sulfonamides is 1. The summed E-state index contributed by atoms with van der Waals surface area (Å²) in [5.74, 6) is -1.80. The fraction of sp³-hybridized carbons (Fsp3) is 0.300. The van der Waals surface area contributed by atoms with Crippen LogP contribution in [0.25, 0.3) is 0 Å². The number of hydrogen-bond acceptors (Lipinski definition) is 4. The normalized spacial score (nSPS) is 11.3. The number of benzene rings is 1. The van der Waals surface area contributed by atoms with Gasteiger partial charge in [-0.2, -0.15) is 0 Å². The topological polar surface area (TPSA) is 86.5 Å². The molecule has 0 aliphatic rings. The van der Waals surface area contributed by atoms with Crippen molar-refractivity contribution in [2.45, 2.75) is 18.2 Å². The summed E-state index contributed by atoms with van der Waals surface area (Å²) in [4.78, 5) is 11.1. The molecule has 1 aromatic rings. The number of hydrogen-bond donors (Lipinski definition) is 1. The van der Waals surface area contributed by atoms with Crippen molar-refractivity contribution in [2.24, 2.45) is 5.14 Å². The summed E-state index contributed by atoms with van der Waals surface area (Å²) in [6.45, 7) is 1.90. The molecule has 1 rings (SSSR count). The molecular weight excluding hydrogens is 329 g/mol. The Morgan fingerprint density at radius 2 is 2.11 bits per heavy atom. The first-order chi connectivity index (χ1) is 8.27. The lowest BCUT2D eigenvalue weighted by molar-refractivity contribution is 0.0499. The molecular formula is C10H11BrFNO4S. The molecule has 0 bridgehead atoms. The largest absolute Gasteiger partial charge is 0.462 e. The number of carbonyl (C=O) groups excluding carboxylic acids is 1. The van der Waals surface area contributed by atoms with E-state index in [1.54, 1.807) is 6.92 Å². The highest BCUT2D eigenvalue weighted by Gasteiger charge is 2.21. The minimum absolute atomic E-state index is 0.0467. The third-order valence-electron chi connectivity index (χ3n) is 1.99. The Morgan fingerprint density at radius 3 is 2.61 bits per heavy atom. The fourth-order valence-electron chi connectivity index (χ4n) is 1.18. The van der Waals surface area contributed by atoms with E-state index in [4.69, 9.17) is 9.88 Å². The van der Waals surface area contributed by atoms with Crippen LogP contribution >= 0.6 is 15.9 Å². The van der Waals surface area contributed by atoms with Gasteiger partial charge in [-0.15, -0.1) is 0 Å². The molecule has 2 N–H and O–H groups in total. The van der Waals surface area contributed by atoms with Crippen molar-refractivity contribution in [3.8, 4) is 0 Å². The molecule has 0 amide bonds. The summed E-state index contributed by atoms with van der Waals surface area (Å²) in [6.07, 6.45) is 0.575. The van der Waals surface area contributed by atoms with Gasteiger partial charge in [-0.25, -0.2) is 22.7 Å². The van der Waals surface area contributed by atoms with Gasteiger partial charge in [-0.3, -0.25) is 0 Å². The van der Waals surface area contributed by atoms with Crippen LogP contribution in [0.5, 0.6) is 0 Å². The van der Waals surface area contributed by atoms with Gasteiger partial charge in [0.1, 0.15) is 5.82 Å². The van der Waals surface area contributed by atoms with Gasteiger partial charge in [-0.1, -0.05) is 6.92 Å². The van der Waals surface area contributed by atoms with E-state index < -0.39 is 27.4 Å². The van der Waals surface area contributed by atoms with Gasteiger partial charge in [0, 0.05) is 4.47 Å². The second-order valence-electron chi connectivity index (χ2n) is 3.44. The Balaban J connectivity index is 3.26. The van der Waals surface area contributed by atoms with Crippen molar-refractivity contribution >= 4 is 31.9 Å². The average Bonchev–Trinajstić information content (AvgIpc) is 2.24. The maximum absolute atomic E-state index is 13.5. The molecule has 0 saturated heterocycles. The quantitative estimate of drug-likeness (QED) is 0.847. The van der Waals surface area contributed by atoms with Gasteiger partial charge < -0.3 is 4.74 Å². The van der Waals surface area contributed by atoms with E-state index >= 15 is 0 Å². The molecule has 0 atom stereocenters. The zero-order chi connectivity index (χ0) is 13.9. The summed E-state index contributed by atoms with van der Waals surface area (Å²) in [6, 6.07) is 1.72. The van der Waals surface area contributed by atoms with Crippen LogP contribution in [0.4, 0.5) is 4.39 Å². The molecule has 0 radical (unpaired) electrons. The second-order valence-corrected chi connectivity index (χ2v) is 5.83. The number of esters is 1. The predicted molar refractivity (Wildman–Crippen MR) is 66.0 cm³/mol. The number of rotatable bonds is 4. The Kier molecular flexibility index (Phi) is 4.83. The fourth-order valence-corrected chi connectivity index (χ4v) is 2.78. The lowest BCUT2D eigenvalue weighted by atomic mass is 10.2. The summed E-state index contributed by atoms with van der Waals surface area (Å²) in [7, 11) is -4.05. The monoisotopic (exact) mass is 339 g/mol. The molecule has 0 unspecified atom stereocenters. The Bertz CT molecular complexity index is 573. The molecule has 8 heteroatoms. The molecule has 0 fully saturated rings. The molecule has 0 heterocycles. The van der Waals surface area contributed by atoms with Gasteiger partial charge in [0.2, 0.25) is 10.0 Å².